The van der Waals surface area contributed by atoms with Crippen molar-refractivity contribution >= 4 is 0 Å². The van der Waals surface area contributed by atoms with Gasteiger partial charge in [0, 0.05) is 18.8 Å². The van der Waals surface area contributed by atoms with Crippen molar-refractivity contribution in [2.75, 3.05) is 13.1 Å². The van der Waals surface area contributed by atoms with Gasteiger partial charge in [-0.3, -0.25) is 0 Å². The van der Waals surface area contributed by atoms with Gasteiger partial charge in [-0.1, -0.05) is 19.9 Å². The van der Waals surface area contributed by atoms with Crippen molar-refractivity contribution in [1.82, 2.24) is 4.90 Å². The van der Waals surface area contributed by atoms with Gasteiger partial charge < -0.3 is 10.0 Å². The molecule has 0 unspecified atom stereocenters. The molecule has 4 aliphatic carbocycles. The Kier molecular flexibility index (Phi) is 4.23. The molecular formula is C24H39NO. The van der Waals surface area contributed by atoms with Crippen LogP contribution in [0.2, 0.25) is 0 Å². The van der Waals surface area contributed by atoms with Crippen molar-refractivity contribution in [3.8, 4) is 0 Å². The average Bonchev–Trinajstić information content (AvgIpc) is 2.97. The van der Waals surface area contributed by atoms with Gasteiger partial charge in [0.15, 0.2) is 0 Å². The summed E-state index contributed by atoms with van der Waals surface area (Å²) in [6.45, 7) is 7.67. The van der Waals surface area contributed by atoms with Gasteiger partial charge in [-0.15, -0.1) is 0 Å². The van der Waals surface area contributed by atoms with E-state index in [2.05, 4.69) is 24.8 Å². The number of aliphatic hydroxyl groups excluding tert-OH is 1. The highest BCUT2D eigenvalue weighted by Gasteiger charge is 2.59. The molecule has 1 saturated heterocycles. The molecule has 1 heterocycles. The zero-order valence-corrected chi connectivity index (χ0v) is 17.1. The normalized spacial score (nSPS) is 51.3. The third kappa shape index (κ3) is 2.46. The van der Waals surface area contributed by atoms with Crippen LogP contribution in [0.5, 0.6) is 0 Å². The fourth-order valence-electron chi connectivity index (χ4n) is 8.27. The minimum atomic E-state index is -0.0315. The van der Waals surface area contributed by atoms with E-state index in [0.29, 0.717) is 5.41 Å². The lowest BCUT2D eigenvalue weighted by Gasteiger charge is -2.60. The van der Waals surface area contributed by atoms with Crippen LogP contribution in [0.1, 0.15) is 84.5 Å². The fourth-order valence-corrected chi connectivity index (χ4v) is 8.27. The summed E-state index contributed by atoms with van der Waals surface area (Å²) in [5.41, 5.74) is 2.45. The molecule has 3 saturated carbocycles. The lowest BCUT2D eigenvalue weighted by Crippen LogP contribution is -2.53. The van der Waals surface area contributed by atoms with Gasteiger partial charge in [-0.05, 0) is 105 Å². The first-order chi connectivity index (χ1) is 12.5. The van der Waals surface area contributed by atoms with Gasteiger partial charge in [0.25, 0.3) is 0 Å². The maximum absolute atomic E-state index is 10.6. The van der Waals surface area contributed by atoms with Gasteiger partial charge in [0.1, 0.15) is 0 Å². The van der Waals surface area contributed by atoms with Crippen LogP contribution in [0.15, 0.2) is 11.8 Å². The molecule has 4 fully saturated rings. The lowest BCUT2D eigenvalue weighted by atomic mass is 9.46. The predicted molar refractivity (Wildman–Crippen MR) is 107 cm³/mol. The molecule has 0 amide bonds. The third-order valence-electron chi connectivity index (χ3n) is 10.0. The van der Waals surface area contributed by atoms with Crippen molar-refractivity contribution in [1.29, 1.82) is 0 Å². The van der Waals surface area contributed by atoms with E-state index in [1.807, 2.05) is 0 Å². The number of piperidine rings is 1. The first-order valence-corrected chi connectivity index (χ1v) is 11.6. The minimum Gasteiger partial charge on any atom is -0.393 e. The lowest BCUT2D eigenvalue weighted by molar-refractivity contribution is -0.111. The molecule has 7 atom stereocenters. The molecule has 0 radical (unpaired) electrons. The molecule has 2 heteroatoms. The summed E-state index contributed by atoms with van der Waals surface area (Å²) in [7, 11) is 0. The number of hydrogen-bond acceptors (Lipinski definition) is 2. The second kappa shape index (κ2) is 6.26. The molecule has 2 nitrogen and oxygen atoms in total. The number of rotatable bonds is 1. The van der Waals surface area contributed by atoms with Crippen molar-refractivity contribution < 1.29 is 5.11 Å². The first kappa shape index (κ1) is 17.6. The van der Waals surface area contributed by atoms with Crippen molar-refractivity contribution in [2.45, 2.75) is 90.6 Å². The van der Waals surface area contributed by atoms with Gasteiger partial charge in [0.2, 0.25) is 0 Å². The van der Waals surface area contributed by atoms with E-state index in [-0.39, 0.29) is 11.5 Å². The number of fused-ring (bicyclic) bond motifs is 5. The highest BCUT2D eigenvalue weighted by atomic mass is 16.3. The largest absolute Gasteiger partial charge is 0.393 e. The van der Waals surface area contributed by atoms with Gasteiger partial charge in [-0.25, -0.2) is 0 Å². The number of hydrogen-bond donors (Lipinski definition) is 1. The Balaban J connectivity index is 1.38. The fraction of sp³-hybridized carbons (Fsp3) is 0.917. The number of allylic oxidation sites excluding steroid dienone is 2. The van der Waals surface area contributed by atoms with Crippen LogP contribution in [0.4, 0.5) is 0 Å². The molecule has 0 spiro atoms. The van der Waals surface area contributed by atoms with Crippen LogP contribution in [0.25, 0.3) is 0 Å². The van der Waals surface area contributed by atoms with Crippen molar-refractivity contribution in [3.05, 3.63) is 11.8 Å². The van der Waals surface area contributed by atoms with Gasteiger partial charge >= 0.3 is 0 Å². The van der Waals surface area contributed by atoms with E-state index in [1.54, 1.807) is 5.70 Å². The Morgan fingerprint density at radius 3 is 2.50 bits per heavy atom. The summed E-state index contributed by atoms with van der Waals surface area (Å²) >= 11 is 0. The van der Waals surface area contributed by atoms with E-state index < -0.39 is 0 Å². The summed E-state index contributed by atoms with van der Waals surface area (Å²) in [6.07, 6.45) is 17.4. The van der Waals surface area contributed by atoms with Crippen LogP contribution in [-0.4, -0.2) is 29.2 Å². The Bertz CT molecular complexity index is 579. The molecule has 26 heavy (non-hydrogen) atoms. The summed E-state index contributed by atoms with van der Waals surface area (Å²) in [6, 6.07) is 0. The molecule has 0 aromatic carbocycles. The summed E-state index contributed by atoms with van der Waals surface area (Å²) in [5, 5.41) is 10.6. The molecule has 5 rings (SSSR count). The minimum absolute atomic E-state index is 0.0315. The zero-order valence-electron chi connectivity index (χ0n) is 17.1. The van der Waals surface area contributed by atoms with Crippen molar-refractivity contribution in [2.24, 2.45) is 34.5 Å². The first-order valence-electron chi connectivity index (χ1n) is 11.6. The molecule has 146 valence electrons. The summed E-state index contributed by atoms with van der Waals surface area (Å²) in [5.74, 6) is 3.49. The second-order valence-corrected chi connectivity index (χ2v) is 10.9. The Hall–Kier alpha value is -0.500. The molecule has 0 aromatic heterocycles. The molecular weight excluding hydrogens is 318 g/mol. The monoisotopic (exact) mass is 357 g/mol. The highest BCUT2D eigenvalue weighted by molar-refractivity contribution is 5.17. The van der Waals surface area contributed by atoms with E-state index >= 15 is 0 Å². The quantitative estimate of drug-likeness (QED) is 0.682. The van der Waals surface area contributed by atoms with E-state index in [0.717, 1.165) is 30.1 Å². The number of likely N-dealkylation sites (tertiary alicyclic amines) is 1. The molecule has 0 aromatic rings. The van der Waals surface area contributed by atoms with Crippen LogP contribution < -0.4 is 0 Å². The van der Waals surface area contributed by atoms with E-state index in [9.17, 15) is 5.11 Å². The van der Waals surface area contributed by atoms with Crippen LogP contribution in [0.3, 0.4) is 0 Å². The van der Waals surface area contributed by atoms with Crippen LogP contribution >= 0.6 is 0 Å². The number of aliphatic hydroxyl groups is 1. The standard InChI is InChI=1S/C24H39NO/c1-23-12-10-18(25-14-4-3-5-15-25)16-17(23)6-7-19-20-8-9-22(26)24(20,2)13-11-21(19)23/h10,17,19-22,26H,3-9,11-16H2,1-2H3/t17-,19-,20-,21-,22-,23-,24-/m0/s1. The van der Waals surface area contributed by atoms with E-state index in [4.69, 9.17) is 0 Å². The Morgan fingerprint density at radius 2 is 1.69 bits per heavy atom. The molecule has 0 bridgehead atoms. The van der Waals surface area contributed by atoms with Crippen LogP contribution in [0, 0.1) is 34.5 Å². The summed E-state index contributed by atoms with van der Waals surface area (Å²) in [4.78, 5) is 2.72. The topological polar surface area (TPSA) is 23.5 Å². The second-order valence-electron chi connectivity index (χ2n) is 10.9. The van der Waals surface area contributed by atoms with E-state index in [1.165, 1.54) is 77.3 Å². The third-order valence-corrected chi connectivity index (χ3v) is 10.0. The van der Waals surface area contributed by atoms with Crippen molar-refractivity contribution in [3.63, 3.8) is 0 Å². The SMILES string of the molecule is C[C@]12CC=C(N3CCCCC3)C[C@@H]1CC[C@@H]1[C@@H]2CC[C@]2(C)[C@@H](O)CC[C@@H]12. The summed E-state index contributed by atoms with van der Waals surface area (Å²) < 4.78 is 0. The Labute approximate surface area is 160 Å². The Morgan fingerprint density at radius 1 is 0.923 bits per heavy atom. The smallest absolute Gasteiger partial charge is 0.0596 e. The van der Waals surface area contributed by atoms with Gasteiger partial charge in [0.05, 0.1) is 6.10 Å². The van der Waals surface area contributed by atoms with Crippen LogP contribution in [-0.2, 0) is 0 Å². The maximum atomic E-state index is 10.6. The highest BCUT2D eigenvalue weighted by Crippen LogP contribution is 2.66. The molecule has 5 aliphatic rings. The maximum Gasteiger partial charge on any atom is 0.0596 e. The van der Waals surface area contributed by atoms with Gasteiger partial charge in [-0.2, -0.15) is 0 Å². The molecule has 1 aliphatic heterocycles. The predicted octanol–water partition coefficient (Wildman–Crippen LogP) is 5.37. The zero-order chi connectivity index (χ0) is 17.9. The average molecular weight is 358 g/mol. The molecule has 1 N–H and O–H groups in total. The number of nitrogens with zero attached hydrogens (tertiary/aromatic N) is 1.